The summed E-state index contributed by atoms with van der Waals surface area (Å²) >= 11 is 0. The van der Waals surface area contributed by atoms with Crippen LogP contribution in [0.1, 0.15) is 128 Å². The second-order valence-electron chi connectivity index (χ2n) is 32.5. The molecule has 0 N–H and O–H groups in total. The average Bonchev–Trinajstić information content (AvgIpc) is 1.21. The van der Waals surface area contributed by atoms with E-state index in [9.17, 15) is 0 Å². The molecule has 16 rings (SSSR count). The summed E-state index contributed by atoms with van der Waals surface area (Å²) in [7, 11) is 0. The third-order valence-electron chi connectivity index (χ3n) is 21.6. The van der Waals surface area contributed by atoms with E-state index in [-0.39, 0.29) is 21.7 Å². The van der Waals surface area contributed by atoms with Gasteiger partial charge in [0.1, 0.15) is 0 Å². The van der Waals surface area contributed by atoms with Gasteiger partial charge in [-0.05, 0) is 200 Å². The fourth-order valence-electron chi connectivity index (χ4n) is 16.2. The van der Waals surface area contributed by atoms with E-state index < -0.39 is 0 Å². The fraction of sp³-hybridized carbons (Fsp3) is 0.154. The van der Waals surface area contributed by atoms with Crippen LogP contribution >= 0.6 is 0 Å². The maximum Gasteiger partial charge on any atom is 0.0406 e. The molecule has 0 amide bonds. The van der Waals surface area contributed by atoms with Crippen molar-refractivity contribution in [3.8, 4) is 134 Å². The Morgan fingerprint density at radius 2 is 0.288 bits per heavy atom. The van der Waals surface area contributed by atoms with Crippen LogP contribution in [0.4, 0.5) is 0 Å². The summed E-state index contributed by atoms with van der Waals surface area (Å²) in [6, 6.07) is 119. The van der Waals surface area contributed by atoms with Crippen LogP contribution in [0.15, 0.2) is 327 Å². The Morgan fingerprint density at radius 1 is 0.144 bits per heavy atom. The minimum Gasteiger partial charge on any atom is -0.0622 e. The summed E-state index contributed by atoms with van der Waals surface area (Å²) < 4.78 is 0. The van der Waals surface area contributed by atoms with E-state index >= 15 is 0 Å². The first-order valence-corrected chi connectivity index (χ1v) is 37.0. The molecule has 2 aliphatic carbocycles. The van der Waals surface area contributed by atoms with Crippen molar-refractivity contribution in [2.45, 2.75) is 105 Å². The van der Waals surface area contributed by atoms with Crippen LogP contribution in [0.5, 0.6) is 0 Å². The normalized spacial score (nSPS) is 12.5. The lowest BCUT2D eigenvalue weighted by atomic mass is 9.73. The molecule has 0 unspecified atom stereocenters. The summed E-state index contributed by atoms with van der Waals surface area (Å²) in [4.78, 5) is 0. The number of hydrogen-bond donors (Lipinski definition) is 0. The second kappa shape index (κ2) is 26.3. The van der Waals surface area contributed by atoms with Gasteiger partial charge in [0, 0.05) is 11.1 Å². The highest BCUT2D eigenvalue weighted by molar-refractivity contribution is 6.21. The zero-order chi connectivity index (χ0) is 71.8. The number of hydrogen-bond acceptors (Lipinski definition) is 0. The van der Waals surface area contributed by atoms with Gasteiger partial charge in [-0.2, -0.15) is 0 Å². The minimum atomic E-state index is -0.0548. The van der Waals surface area contributed by atoms with Crippen molar-refractivity contribution in [1.29, 1.82) is 0 Å². The monoisotopic (exact) mass is 1340 g/mol. The zero-order valence-corrected chi connectivity index (χ0v) is 62.0. The molecule has 0 aromatic heterocycles. The molecule has 0 aliphatic heterocycles. The highest BCUT2D eigenvalue weighted by Gasteiger charge is 2.37. The molecule has 14 aromatic rings. The van der Waals surface area contributed by atoms with Crippen molar-refractivity contribution >= 4 is 11.1 Å². The van der Waals surface area contributed by atoms with E-state index in [4.69, 9.17) is 0 Å². The van der Waals surface area contributed by atoms with Crippen LogP contribution in [-0.4, -0.2) is 0 Å². The van der Waals surface area contributed by atoms with Crippen molar-refractivity contribution in [2.75, 3.05) is 0 Å². The standard InChI is InChI=1S/C104H88/c1-101(2,3)75-57-49-71(50-58-75)93-89(67-33-17-13-18-34-67)90(68-35-19-14-20-36-68)94(72-51-59-76(60-52-72)102(4,5)6)98-86-46-30-26-42-80(86)83(79-41-25-29-45-85(79)97(93)98)65-66-84-81-43-27-31-47-87(81)99-95(73-53-61-77(62-54-73)103(7,8)9)91(69-37-21-15-22-38-69)92(70-39-23-16-24-40-70)96(100(99)88-48-32-28-44-82(84)88)74-55-63-78(64-56-74)104(10,11)12/h13-64H,1-12H3. The molecule has 2 aliphatic rings. The van der Waals surface area contributed by atoms with Crippen LogP contribution in [0.2, 0.25) is 0 Å². The largest absolute Gasteiger partial charge is 0.0622 e. The first-order valence-electron chi connectivity index (χ1n) is 37.0. The van der Waals surface area contributed by atoms with E-state index in [1.807, 2.05) is 0 Å². The van der Waals surface area contributed by atoms with Gasteiger partial charge in [0.05, 0.1) is 0 Å². The van der Waals surface area contributed by atoms with Gasteiger partial charge in [0.25, 0.3) is 0 Å². The van der Waals surface area contributed by atoms with Crippen molar-refractivity contribution in [2.24, 2.45) is 0 Å². The molecule has 0 saturated heterocycles. The van der Waals surface area contributed by atoms with Crippen LogP contribution in [0, 0.1) is 0 Å². The predicted molar refractivity (Wildman–Crippen MR) is 445 cm³/mol. The molecule has 0 heteroatoms. The quantitative estimate of drug-likeness (QED) is 0.133. The van der Waals surface area contributed by atoms with Crippen LogP contribution in [0.25, 0.3) is 145 Å². The van der Waals surface area contributed by atoms with Crippen molar-refractivity contribution in [3.63, 3.8) is 0 Å². The molecule has 0 atom stereocenters. The third-order valence-corrected chi connectivity index (χ3v) is 21.6. The lowest BCUT2D eigenvalue weighted by Gasteiger charge is -2.29. The van der Waals surface area contributed by atoms with Crippen LogP contribution in [0.3, 0.4) is 0 Å². The van der Waals surface area contributed by atoms with E-state index in [1.165, 1.54) is 89.0 Å². The van der Waals surface area contributed by atoms with Gasteiger partial charge in [-0.3, -0.25) is 0 Å². The number of rotatable bonds is 8. The second-order valence-corrected chi connectivity index (χ2v) is 32.5. The van der Waals surface area contributed by atoms with Gasteiger partial charge in [-0.1, -0.05) is 410 Å². The van der Waals surface area contributed by atoms with Gasteiger partial charge in [0.2, 0.25) is 0 Å². The van der Waals surface area contributed by atoms with Crippen molar-refractivity contribution in [1.82, 2.24) is 0 Å². The lowest BCUT2D eigenvalue weighted by molar-refractivity contribution is 0.590. The Kier molecular flexibility index (Phi) is 16.9. The minimum absolute atomic E-state index is 0.0548. The molecule has 0 radical (unpaired) electrons. The molecule has 0 bridgehead atoms. The SMILES string of the molecule is CC(C)(C)c1ccc(-c2c(-c3ccccc3)c(-c3ccccc3)c(-c3ccc(C(C)(C)C)cc3)c3c2-c2ccccc2C(=C=C=C2c4ccccc4-c4c(-c5ccc(C(C)(C)C)cc5)c(-c5ccccc5)c(-c5ccccc5)c(-c5ccc(C(C)(C)C)cc5)c4-c4ccccc42)c2ccccc2-3)cc1. The molecule has 104 heavy (non-hydrogen) atoms. The molecule has 0 fully saturated rings. The molecule has 0 nitrogen and oxygen atoms in total. The summed E-state index contributed by atoms with van der Waals surface area (Å²) in [5.74, 6) is 0. The summed E-state index contributed by atoms with van der Waals surface area (Å²) in [6.07, 6.45) is 0. The fourth-order valence-corrected chi connectivity index (χ4v) is 16.2. The third kappa shape index (κ3) is 12.0. The predicted octanol–water partition coefficient (Wildman–Crippen LogP) is 28.8. The van der Waals surface area contributed by atoms with E-state index in [0.29, 0.717) is 0 Å². The van der Waals surface area contributed by atoms with Crippen LogP contribution < -0.4 is 0 Å². The average molecular weight is 1340 g/mol. The zero-order valence-electron chi connectivity index (χ0n) is 62.0. The van der Waals surface area contributed by atoms with Gasteiger partial charge in [-0.25, -0.2) is 0 Å². The molecule has 0 saturated carbocycles. The smallest absolute Gasteiger partial charge is 0.0406 e. The van der Waals surface area contributed by atoms with E-state index in [2.05, 4.69) is 410 Å². The van der Waals surface area contributed by atoms with Crippen molar-refractivity contribution in [3.05, 3.63) is 371 Å². The number of benzene rings is 14. The molecule has 14 aromatic carbocycles. The number of fused-ring (bicyclic) bond motifs is 10. The van der Waals surface area contributed by atoms with Crippen LogP contribution in [-0.2, 0) is 21.7 Å². The van der Waals surface area contributed by atoms with Gasteiger partial charge < -0.3 is 0 Å². The Balaban J connectivity index is 1.09. The Bertz CT molecular complexity index is 5020. The highest BCUT2D eigenvalue weighted by Crippen LogP contribution is 2.62. The molecular formula is C104H88. The summed E-state index contributed by atoms with van der Waals surface area (Å²) in [5, 5.41) is 0. The maximum absolute atomic E-state index is 4.21. The molecule has 0 heterocycles. The molecule has 504 valence electrons. The van der Waals surface area contributed by atoms with Gasteiger partial charge in [0.15, 0.2) is 0 Å². The molecule has 0 spiro atoms. The highest BCUT2D eigenvalue weighted by atomic mass is 14.4. The summed E-state index contributed by atoms with van der Waals surface area (Å²) in [5.41, 5.74) is 47.7. The topological polar surface area (TPSA) is 0 Å². The Labute approximate surface area is 616 Å². The Morgan fingerprint density at radius 3 is 0.462 bits per heavy atom. The van der Waals surface area contributed by atoms with E-state index in [1.54, 1.807) is 0 Å². The summed E-state index contributed by atoms with van der Waals surface area (Å²) in [6.45, 7) is 27.7. The maximum atomic E-state index is 4.21. The first-order chi connectivity index (χ1) is 50.2. The van der Waals surface area contributed by atoms with Gasteiger partial charge in [-0.15, -0.1) is 0 Å². The van der Waals surface area contributed by atoms with Crippen molar-refractivity contribution < 1.29 is 0 Å². The first kappa shape index (κ1) is 66.9. The van der Waals surface area contributed by atoms with E-state index in [0.717, 1.165) is 100 Å². The molecular weight excluding hydrogens is 1250 g/mol. The van der Waals surface area contributed by atoms with Gasteiger partial charge >= 0.3 is 0 Å². The lowest BCUT2D eigenvalue weighted by Crippen LogP contribution is -2.10. The Hall–Kier alpha value is -11.6.